The van der Waals surface area contributed by atoms with Gasteiger partial charge in [0.2, 0.25) is 0 Å². The lowest BCUT2D eigenvalue weighted by atomic mass is 10.2. The molecule has 1 saturated heterocycles. The molecule has 0 bridgehead atoms. The van der Waals surface area contributed by atoms with Gasteiger partial charge in [-0.2, -0.15) is 0 Å². The molecule has 1 N–H and O–H groups in total. The molecule has 0 spiro atoms. The summed E-state index contributed by atoms with van der Waals surface area (Å²) in [5, 5.41) is 0.212. The first-order valence-electron chi connectivity index (χ1n) is 7.82. The Balaban J connectivity index is 1.88. The number of carbonyl (C=O) groups is 1. The molecule has 0 radical (unpaired) electrons. The number of carbonyl (C=O) groups excluding carboxylic acids is 1. The molecule has 1 heterocycles. The Hall–Kier alpha value is -1.61. The summed E-state index contributed by atoms with van der Waals surface area (Å²) >= 11 is 9.44. The molecule has 26 heavy (non-hydrogen) atoms. The molecule has 0 aliphatic carbocycles. The zero-order valence-electron chi connectivity index (χ0n) is 13.6. The first-order chi connectivity index (χ1) is 12.4. The number of anilines is 1. The Bertz CT molecular complexity index is 913. The molecule has 1 fully saturated rings. The average Bonchev–Trinajstić information content (AvgIpc) is 2.64. The minimum Gasteiger partial charge on any atom is -0.378 e. The van der Waals surface area contributed by atoms with Gasteiger partial charge in [0.25, 0.3) is 15.9 Å². The Kier molecular flexibility index (Phi) is 5.86. The van der Waals surface area contributed by atoms with Crippen molar-refractivity contribution in [1.29, 1.82) is 0 Å². The number of amides is 1. The number of nitrogens with one attached hydrogen (secondary N) is 1. The second-order valence-corrected chi connectivity index (χ2v) is 8.66. The summed E-state index contributed by atoms with van der Waals surface area (Å²) in [7, 11) is -3.85. The number of morpholine rings is 1. The molecule has 0 unspecified atom stereocenters. The van der Waals surface area contributed by atoms with E-state index in [1.54, 1.807) is 29.2 Å². The number of halogens is 2. The Labute approximate surface area is 165 Å². The fourth-order valence-corrected chi connectivity index (χ4v) is 4.05. The number of benzene rings is 2. The summed E-state index contributed by atoms with van der Waals surface area (Å²) in [6, 6.07) is 10.8. The molecule has 0 saturated carbocycles. The van der Waals surface area contributed by atoms with Gasteiger partial charge in [0.15, 0.2) is 0 Å². The number of ether oxygens (including phenoxy) is 1. The zero-order valence-corrected chi connectivity index (χ0v) is 16.8. The van der Waals surface area contributed by atoms with Crippen LogP contribution in [0, 0.1) is 0 Å². The molecule has 9 heteroatoms. The van der Waals surface area contributed by atoms with Crippen LogP contribution >= 0.6 is 27.5 Å². The average molecular weight is 460 g/mol. The van der Waals surface area contributed by atoms with Crippen molar-refractivity contribution in [2.45, 2.75) is 4.90 Å². The molecule has 2 aromatic rings. The van der Waals surface area contributed by atoms with Crippen LogP contribution in [0.2, 0.25) is 5.02 Å². The largest absolute Gasteiger partial charge is 0.378 e. The highest BCUT2D eigenvalue weighted by Gasteiger charge is 2.23. The highest BCUT2D eigenvalue weighted by atomic mass is 79.9. The maximum atomic E-state index is 12.7. The molecule has 6 nitrogen and oxygen atoms in total. The Morgan fingerprint density at radius 2 is 1.77 bits per heavy atom. The first-order valence-corrected chi connectivity index (χ1v) is 10.5. The van der Waals surface area contributed by atoms with Gasteiger partial charge in [-0.1, -0.05) is 27.5 Å². The maximum absolute atomic E-state index is 12.7. The lowest BCUT2D eigenvalue weighted by molar-refractivity contribution is 0.0303. The molecule has 0 aromatic heterocycles. The minimum absolute atomic E-state index is 0.0265. The van der Waals surface area contributed by atoms with Crippen LogP contribution in [0.5, 0.6) is 0 Å². The molecule has 138 valence electrons. The van der Waals surface area contributed by atoms with Crippen LogP contribution in [0.1, 0.15) is 10.4 Å². The monoisotopic (exact) mass is 458 g/mol. The van der Waals surface area contributed by atoms with Gasteiger partial charge in [0.05, 0.1) is 28.7 Å². The second kappa shape index (κ2) is 7.96. The lowest BCUT2D eigenvalue weighted by Crippen LogP contribution is -2.40. The Morgan fingerprint density at radius 3 is 2.42 bits per heavy atom. The number of rotatable bonds is 4. The topological polar surface area (TPSA) is 75.7 Å². The summed E-state index contributed by atoms with van der Waals surface area (Å²) in [6.45, 7) is 1.80. The van der Waals surface area contributed by atoms with Crippen LogP contribution in [0.4, 0.5) is 5.69 Å². The quantitative estimate of drug-likeness (QED) is 0.760. The van der Waals surface area contributed by atoms with E-state index < -0.39 is 10.0 Å². The van der Waals surface area contributed by atoms with Crippen molar-refractivity contribution in [2.24, 2.45) is 0 Å². The van der Waals surface area contributed by atoms with E-state index in [1.165, 1.54) is 18.2 Å². The van der Waals surface area contributed by atoms with Gasteiger partial charge < -0.3 is 9.64 Å². The summed E-state index contributed by atoms with van der Waals surface area (Å²) in [4.78, 5) is 14.2. The normalized spacial score (nSPS) is 14.9. The van der Waals surface area contributed by atoms with Crippen molar-refractivity contribution in [3.05, 3.63) is 57.5 Å². The Morgan fingerprint density at radius 1 is 1.12 bits per heavy atom. The van der Waals surface area contributed by atoms with Crippen molar-refractivity contribution in [3.8, 4) is 0 Å². The van der Waals surface area contributed by atoms with E-state index in [0.717, 1.165) is 4.47 Å². The molecule has 1 aliphatic rings. The summed E-state index contributed by atoms with van der Waals surface area (Å²) < 4.78 is 33.8. The van der Waals surface area contributed by atoms with Crippen LogP contribution in [0.25, 0.3) is 0 Å². The number of hydrogen-bond acceptors (Lipinski definition) is 4. The van der Waals surface area contributed by atoms with Gasteiger partial charge >= 0.3 is 0 Å². The van der Waals surface area contributed by atoms with Gasteiger partial charge in [-0.25, -0.2) is 8.42 Å². The minimum atomic E-state index is -3.85. The molecule has 1 amide bonds. The van der Waals surface area contributed by atoms with E-state index in [-0.39, 0.29) is 21.4 Å². The van der Waals surface area contributed by atoms with Gasteiger partial charge in [-0.15, -0.1) is 0 Å². The molecule has 1 aliphatic heterocycles. The zero-order chi connectivity index (χ0) is 18.7. The number of sulfonamides is 1. The van der Waals surface area contributed by atoms with E-state index >= 15 is 0 Å². The molecule has 2 aromatic carbocycles. The molecule has 3 rings (SSSR count). The third-order valence-electron chi connectivity index (χ3n) is 3.87. The third-order valence-corrected chi connectivity index (χ3v) is 6.11. The van der Waals surface area contributed by atoms with Crippen molar-refractivity contribution in [3.63, 3.8) is 0 Å². The summed E-state index contributed by atoms with van der Waals surface area (Å²) in [6.07, 6.45) is 0. The molecular weight excluding hydrogens is 444 g/mol. The second-order valence-electron chi connectivity index (χ2n) is 5.66. The van der Waals surface area contributed by atoms with Crippen LogP contribution in [-0.2, 0) is 14.8 Å². The van der Waals surface area contributed by atoms with Gasteiger partial charge in [-0.3, -0.25) is 9.52 Å². The first kappa shape index (κ1) is 19.2. The van der Waals surface area contributed by atoms with Crippen molar-refractivity contribution >= 4 is 49.1 Å². The van der Waals surface area contributed by atoms with Gasteiger partial charge in [0.1, 0.15) is 0 Å². The SMILES string of the molecule is O=C(c1cc(S(=O)(=O)Nc2ccc(Br)cc2)ccc1Cl)N1CCOCC1. The van der Waals surface area contributed by atoms with Crippen molar-refractivity contribution < 1.29 is 17.9 Å². The summed E-state index contributed by atoms with van der Waals surface area (Å²) in [5.74, 6) is -0.306. The van der Waals surface area contributed by atoms with Crippen molar-refractivity contribution in [1.82, 2.24) is 4.90 Å². The fourth-order valence-electron chi connectivity index (χ4n) is 2.50. The molecule has 0 atom stereocenters. The van der Waals surface area contributed by atoms with E-state index in [4.69, 9.17) is 16.3 Å². The third kappa shape index (κ3) is 4.37. The van der Waals surface area contributed by atoms with E-state index in [9.17, 15) is 13.2 Å². The van der Waals surface area contributed by atoms with Crippen LogP contribution < -0.4 is 4.72 Å². The summed E-state index contributed by atoms with van der Waals surface area (Å²) in [5.41, 5.74) is 0.580. The maximum Gasteiger partial charge on any atom is 0.261 e. The standard InChI is InChI=1S/C17H16BrClN2O4S/c18-12-1-3-13(4-2-12)20-26(23,24)14-5-6-16(19)15(11-14)17(22)21-7-9-25-10-8-21/h1-6,11,20H,7-10H2. The number of hydrogen-bond donors (Lipinski definition) is 1. The highest BCUT2D eigenvalue weighted by molar-refractivity contribution is 9.10. The van der Waals surface area contributed by atoms with Gasteiger partial charge in [-0.05, 0) is 42.5 Å². The van der Waals surface area contributed by atoms with Crippen LogP contribution in [0.15, 0.2) is 51.8 Å². The van der Waals surface area contributed by atoms with Crippen LogP contribution in [-0.4, -0.2) is 45.5 Å². The molecular formula is C17H16BrClN2O4S. The van der Waals surface area contributed by atoms with E-state index in [0.29, 0.717) is 32.0 Å². The number of nitrogens with zero attached hydrogens (tertiary/aromatic N) is 1. The predicted octanol–water partition coefficient (Wildman–Crippen LogP) is 3.38. The van der Waals surface area contributed by atoms with Gasteiger partial charge in [0, 0.05) is 23.2 Å². The van der Waals surface area contributed by atoms with Crippen LogP contribution in [0.3, 0.4) is 0 Å². The fraction of sp³-hybridized carbons (Fsp3) is 0.235. The predicted molar refractivity (Wildman–Crippen MR) is 103 cm³/mol. The van der Waals surface area contributed by atoms with E-state index in [1.807, 2.05) is 0 Å². The highest BCUT2D eigenvalue weighted by Crippen LogP contribution is 2.24. The lowest BCUT2D eigenvalue weighted by Gasteiger charge is -2.27. The van der Waals surface area contributed by atoms with Crippen molar-refractivity contribution in [2.75, 3.05) is 31.0 Å². The smallest absolute Gasteiger partial charge is 0.261 e. The van der Waals surface area contributed by atoms with E-state index in [2.05, 4.69) is 20.7 Å².